The number of benzene rings is 1. The molecule has 0 bridgehead atoms. The van der Waals surface area contributed by atoms with E-state index in [0.29, 0.717) is 6.42 Å². The van der Waals surface area contributed by atoms with Crippen molar-refractivity contribution in [1.29, 1.82) is 0 Å². The summed E-state index contributed by atoms with van der Waals surface area (Å²) in [6.45, 7) is 2.03. The van der Waals surface area contributed by atoms with E-state index in [1.54, 1.807) is 11.3 Å². The van der Waals surface area contributed by atoms with Gasteiger partial charge in [0.25, 0.3) is 0 Å². The van der Waals surface area contributed by atoms with Gasteiger partial charge in [-0.25, -0.2) is 0 Å². The van der Waals surface area contributed by atoms with Crippen LogP contribution in [0.2, 0.25) is 0 Å². The highest BCUT2D eigenvalue weighted by atomic mass is 32.2. The smallest absolute Gasteiger partial charge is 0.168 e. The van der Waals surface area contributed by atoms with Crippen LogP contribution < -0.4 is 0 Å². The molecule has 2 aliphatic heterocycles. The number of aliphatic hydroxyl groups is 4. The van der Waals surface area contributed by atoms with E-state index in [-0.39, 0.29) is 13.2 Å². The standard InChI is InChI=1S/C22H24O5S2/c1-3-12-7-14-11-27-22(21(26)20(25)19(24)18(10-23)29-22)17(14)9-13(12)8-16-6-5-15(4-2)28-16/h1,5-7,9,18-21,23-26H,4,8,10-11H2,2H3/t18?,19-,20+,21-,22+/m1/s1. The molecule has 2 aliphatic rings. The van der Waals surface area contributed by atoms with Gasteiger partial charge >= 0.3 is 0 Å². The Labute approximate surface area is 178 Å². The summed E-state index contributed by atoms with van der Waals surface area (Å²) < 4.78 is 6.01. The first-order chi connectivity index (χ1) is 13.9. The van der Waals surface area contributed by atoms with E-state index in [4.69, 9.17) is 11.2 Å². The molecule has 1 aromatic carbocycles. The SMILES string of the molecule is C#Cc1cc2c(cc1Cc1ccc(CC)s1)[C@]1(OC2)SC(CO)[C@@H](O)[C@H](O)[C@H]1O. The van der Waals surface area contributed by atoms with Gasteiger partial charge in [-0.15, -0.1) is 29.5 Å². The van der Waals surface area contributed by atoms with Crippen LogP contribution in [0.5, 0.6) is 0 Å². The van der Waals surface area contributed by atoms with E-state index in [1.807, 2.05) is 12.1 Å². The van der Waals surface area contributed by atoms with Gasteiger partial charge in [0.2, 0.25) is 0 Å². The van der Waals surface area contributed by atoms with Crippen LogP contribution in [-0.2, 0) is 29.1 Å². The average Bonchev–Trinajstić information content (AvgIpc) is 3.33. The monoisotopic (exact) mass is 432 g/mol. The Morgan fingerprint density at radius 1 is 1.21 bits per heavy atom. The molecule has 0 radical (unpaired) electrons. The van der Waals surface area contributed by atoms with Crippen molar-refractivity contribution in [3.05, 3.63) is 56.3 Å². The molecule has 3 heterocycles. The number of fused-ring (bicyclic) bond motifs is 2. The van der Waals surface area contributed by atoms with Crippen LogP contribution in [0.15, 0.2) is 24.3 Å². The van der Waals surface area contributed by atoms with Gasteiger partial charge in [-0.1, -0.05) is 12.8 Å². The molecule has 1 saturated heterocycles. The Morgan fingerprint density at radius 2 is 1.97 bits per heavy atom. The Morgan fingerprint density at radius 3 is 2.62 bits per heavy atom. The van der Waals surface area contributed by atoms with E-state index in [2.05, 4.69) is 25.0 Å². The fourth-order valence-electron chi connectivity index (χ4n) is 4.05. The number of aryl methyl sites for hydroxylation is 1. The highest BCUT2D eigenvalue weighted by molar-refractivity contribution is 8.00. The van der Waals surface area contributed by atoms with Crippen LogP contribution in [-0.4, -0.2) is 50.6 Å². The van der Waals surface area contributed by atoms with Gasteiger partial charge in [0.1, 0.15) is 12.2 Å². The molecular weight excluding hydrogens is 408 g/mol. The molecule has 0 saturated carbocycles. The lowest BCUT2D eigenvalue weighted by Crippen LogP contribution is -2.58. The van der Waals surface area contributed by atoms with Gasteiger partial charge in [0.05, 0.1) is 24.6 Å². The number of thioether (sulfide) groups is 1. The molecule has 1 aromatic heterocycles. The van der Waals surface area contributed by atoms with Gasteiger partial charge in [-0.05, 0) is 41.8 Å². The number of terminal acetylenes is 1. The lowest BCUT2D eigenvalue weighted by molar-refractivity contribution is -0.147. The van der Waals surface area contributed by atoms with Crippen molar-refractivity contribution in [3.8, 4) is 12.3 Å². The zero-order valence-corrected chi connectivity index (χ0v) is 17.7. The van der Waals surface area contributed by atoms with Gasteiger partial charge in [0.15, 0.2) is 4.93 Å². The quantitative estimate of drug-likeness (QED) is 0.551. The van der Waals surface area contributed by atoms with Crippen LogP contribution in [0.1, 0.15) is 38.9 Å². The van der Waals surface area contributed by atoms with Crippen LogP contribution in [0.3, 0.4) is 0 Å². The average molecular weight is 433 g/mol. The van der Waals surface area contributed by atoms with Crippen molar-refractivity contribution < 1.29 is 25.2 Å². The molecule has 1 spiro atoms. The summed E-state index contributed by atoms with van der Waals surface area (Å²) in [5.41, 5.74) is 3.34. The third kappa shape index (κ3) is 3.43. The first-order valence-electron chi connectivity index (χ1n) is 9.60. The highest BCUT2D eigenvalue weighted by Gasteiger charge is 2.57. The molecule has 2 aromatic rings. The Hall–Kier alpha value is -1.37. The number of aliphatic hydroxyl groups excluding tert-OH is 4. The molecule has 1 fully saturated rings. The topological polar surface area (TPSA) is 90.2 Å². The number of hydrogen-bond donors (Lipinski definition) is 4. The van der Waals surface area contributed by atoms with E-state index in [0.717, 1.165) is 40.4 Å². The first kappa shape index (κ1) is 20.9. The number of ether oxygens (including phenoxy) is 1. The number of hydrogen-bond acceptors (Lipinski definition) is 7. The molecule has 0 aliphatic carbocycles. The first-order valence-corrected chi connectivity index (χ1v) is 11.3. The summed E-state index contributed by atoms with van der Waals surface area (Å²) in [5, 5.41) is 40.4. The number of thiophene rings is 1. The van der Waals surface area contributed by atoms with Crippen molar-refractivity contribution >= 4 is 23.1 Å². The molecular formula is C22H24O5S2. The van der Waals surface area contributed by atoms with Crippen molar-refractivity contribution in [2.75, 3.05) is 6.61 Å². The van der Waals surface area contributed by atoms with Crippen LogP contribution in [0, 0.1) is 12.3 Å². The third-order valence-corrected chi connectivity index (χ3v) is 8.57. The highest BCUT2D eigenvalue weighted by Crippen LogP contribution is 2.54. The summed E-state index contributed by atoms with van der Waals surface area (Å²) in [7, 11) is 0. The van der Waals surface area contributed by atoms with Crippen LogP contribution >= 0.6 is 23.1 Å². The Balaban J connectivity index is 1.76. The van der Waals surface area contributed by atoms with Gasteiger partial charge < -0.3 is 25.2 Å². The fraction of sp³-hybridized carbons (Fsp3) is 0.455. The second-order valence-corrected chi connectivity index (χ2v) is 10.1. The molecule has 4 N–H and O–H groups in total. The third-order valence-electron chi connectivity index (χ3n) is 5.68. The minimum atomic E-state index is -1.42. The van der Waals surface area contributed by atoms with E-state index < -0.39 is 28.5 Å². The van der Waals surface area contributed by atoms with Crippen LogP contribution in [0.25, 0.3) is 0 Å². The second-order valence-electron chi connectivity index (χ2n) is 7.43. The van der Waals surface area contributed by atoms with Crippen molar-refractivity contribution in [2.24, 2.45) is 0 Å². The fourth-order valence-corrected chi connectivity index (χ4v) is 6.58. The van der Waals surface area contributed by atoms with E-state index in [9.17, 15) is 20.4 Å². The largest absolute Gasteiger partial charge is 0.395 e. The minimum absolute atomic E-state index is 0.244. The minimum Gasteiger partial charge on any atom is -0.395 e. The predicted octanol–water partition coefficient (Wildman–Crippen LogP) is 1.76. The summed E-state index contributed by atoms with van der Waals surface area (Å²) in [4.78, 5) is 1.27. The van der Waals surface area contributed by atoms with Crippen molar-refractivity contribution in [2.45, 2.75) is 54.9 Å². The molecule has 5 nitrogen and oxygen atoms in total. The lowest BCUT2D eigenvalue weighted by Gasteiger charge is -2.45. The summed E-state index contributed by atoms with van der Waals surface area (Å²) in [5.74, 6) is 2.76. The second kappa shape index (κ2) is 8.05. The van der Waals surface area contributed by atoms with Crippen molar-refractivity contribution in [1.82, 2.24) is 0 Å². The maximum atomic E-state index is 10.8. The zero-order valence-electron chi connectivity index (χ0n) is 16.0. The van der Waals surface area contributed by atoms with E-state index in [1.165, 1.54) is 9.75 Å². The van der Waals surface area contributed by atoms with Crippen molar-refractivity contribution in [3.63, 3.8) is 0 Å². The Bertz CT molecular complexity index is 947. The predicted molar refractivity (Wildman–Crippen MR) is 114 cm³/mol. The summed E-state index contributed by atoms with van der Waals surface area (Å²) >= 11 is 2.91. The zero-order chi connectivity index (χ0) is 20.8. The summed E-state index contributed by atoms with van der Waals surface area (Å²) in [6, 6.07) is 8.09. The maximum Gasteiger partial charge on any atom is 0.168 e. The normalized spacial score (nSPS) is 31.0. The van der Waals surface area contributed by atoms with Gasteiger partial charge in [-0.3, -0.25) is 0 Å². The molecule has 1 unspecified atom stereocenters. The summed E-state index contributed by atoms with van der Waals surface area (Å²) in [6.07, 6.45) is 3.44. The Kier molecular flexibility index (Phi) is 5.79. The number of rotatable bonds is 4. The molecule has 7 heteroatoms. The van der Waals surface area contributed by atoms with Crippen LogP contribution in [0.4, 0.5) is 0 Å². The molecule has 29 heavy (non-hydrogen) atoms. The molecule has 0 amide bonds. The lowest BCUT2D eigenvalue weighted by atomic mass is 9.90. The van der Waals surface area contributed by atoms with E-state index >= 15 is 0 Å². The van der Waals surface area contributed by atoms with Gasteiger partial charge in [0, 0.05) is 27.3 Å². The molecule has 154 valence electrons. The molecule has 5 atom stereocenters. The maximum absolute atomic E-state index is 10.8. The molecule has 4 rings (SSSR count). The van der Waals surface area contributed by atoms with Gasteiger partial charge in [-0.2, -0.15) is 0 Å².